The summed E-state index contributed by atoms with van der Waals surface area (Å²) < 4.78 is 29.7. The molecule has 2 aromatic rings. The Kier molecular flexibility index (Phi) is 6.58. The van der Waals surface area contributed by atoms with Gasteiger partial charge in [0.05, 0.1) is 19.5 Å². The van der Waals surface area contributed by atoms with Crippen LogP contribution in [0.5, 0.6) is 0 Å². The Bertz CT molecular complexity index is 725. The molecule has 0 aromatic carbocycles. The van der Waals surface area contributed by atoms with Gasteiger partial charge in [0.1, 0.15) is 16.0 Å². The van der Waals surface area contributed by atoms with Gasteiger partial charge >= 0.3 is 7.60 Å². The van der Waals surface area contributed by atoms with E-state index in [1.165, 1.54) is 6.26 Å². The van der Waals surface area contributed by atoms with Crippen molar-refractivity contribution in [3.63, 3.8) is 0 Å². The number of hydrogen-bond acceptors (Lipinski definition) is 6. The van der Waals surface area contributed by atoms with Crippen LogP contribution in [0.2, 0.25) is 0 Å². The third kappa shape index (κ3) is 4.06. The lowest BCUT2D eigenvalue weighted by Crippen LogP contribution is -2.11. The van der Waals surface area contributed by atoms with E-state index in [1.807, 2.05) is 0 Å². The van der Waals surface area contributed by atoms with Gasteiger partial charge in [-0.2, -0.15) is 0 Å². The second kappa shape index (κ2) is 8.26. The summed E-state index contributed by atoms with van der Waals surface area (Å²) in [5.74, 6) is 0.922. The van der Waals surface area contributed by atoms with Gasteiger partial charge in [-0.3, -0.25) is 4.57 Å². The highest BCUT2D eigenvalue weighted by atomic mass is 32.1. The Labute approximate surface area is 147 Å². The van der Waals surface area contributed by atoms with E-state index in [4.69, 9.17) is 13.5 Å². The van der Waals surface area contributed by atoms with Crippen molar-refractivity contribution in [3.05, 3.63) is 28.8 Å². The molecule has 0 bridgehead atoms. The molecule has 0 saturated heterocycles. The summed E-state index contributed by atoms with van der Waals surface area (Å²) in [7, 11) is -3.44. The molecule has 132 valence electrons. The van der Waals surface area contributed by atoms with Crippen LogP contribution in [-0.4, -0.2) is 18.2 Å². The summed E-state index contributed by atoms with van der Waals surface area (Å²) in [5, 5.41) is 1.24. The molecule has 0 aliphatic rings. The van der Waals surface area contributed by atoms with E-state index >= 15 is 0 Å². The highest BCUT2D eigenvalue weighted by molar-refractivity contribution is 7.62. The monoisotopic (exact) mass is 369 g/mol. The molecule has 2 rings (SSSR count). The van der Waals surface area contributed by atoms with Crippen LogP contribution in [0, 0.1) is 5.92 Å². The average Bonchev–Trinajstić information content (AvgIpc) is 3.13. The molecule has 2 aromatic heterocycles. The largest absolute Gasteiger partial charge is 0.462 e. The molecule has 0 aliphatic carbocycles. The van der Waals surface area contributed by atoms with Crippen LogP contribution in [0.1, 0.15) is 37.6 Å². The third-order valence-corrected chi connectivity index (χ3v) is 6.45. The molecular weight excluding hydrogens is 345 g/mol. The fourth-order valence-corrected chi connectivity index (χ4v) is 5.16. The van der Waals surface area contributed by atoms with Crippen molar-refractivity contribution in [2.75, 3.05) is 13.2 Å². The number of thiazole rings is 1. The first-order chi connectivity index (χ1) is 11.4. The van der Waals surface area contributed by atoms with Crippen LogP contribution in [-0.2, 0) is 20.0 Å². The number of hydrogen-bond donors (Lipinski definition) is 0. The number of rotatable bonds is 9. The van der Waals surface area contributed by atoms with E-state index in [0.717, 1.165) is 16.3 Å². The molecule has 7 heteroatoms. The highest BCUT2D eigenvalue weighted by Crippen LogP contribution is 2.50. The first-order valence-corrected chi connectivity index (χ1v) is 10.4. The predicted octanol–water partition coefficient (Wildman–Crippen LogP) is 5.14. The highest BCUT2D eigenvalue weighted by Gasteiger charge is 2.34. The fourth-order valence-electron chi connectivity index (χ4n) is 2.36. The number of nitrogens with zero attached hydrogens (tertiary/aromatic N) is 1. The van der Waals surface area contributed by atoms with Gasteiger partial charge in [-0.05, 0) is 38.3 Å². The van der Waals surface area contributed by atoms with Crippen LogP contribution in [0.25, 0.3) is 17.5 Å². The molecule has 0 saturated carbocycles. The first kappa shape index (κ1) is 19.1. The molecule has 0 radical (unpaired) electrons. The zero-order valence-electron chi connectivity index (χ0n) is 14.6. The minimum Gasteiger partial charge on any atom is -0.462 e. The fraction of sp³-hybridized carbons (Fsp3) is 0.471. The van der Waals surface area contributed by atoms with Gasteiger partial charge in [0.2, 0.25) is 0 Å². The van der Waals surface area contributed by atoms with Crippen molar-refractivity contribution in [2.24, 2.45) is 5.92 Å². The normalized spacial score (nSPS) is 12.0. The average molecular weight is 369 g/mol. The molecule has 24 heavy (non-hydrogen) atoms. The lowest BCUT2D eigenvalue weighted by atomic mass is 10.1. The summed E-state index contributed by atoms with van der Waals surface area (Å²) in [6, 6.07) is 1.65. The van der Waals surface area contributed by atoms with E-state index < -0.39 is 7.60 Å². The molecule has 0 unspecified atom stereocenters. The molecule has 0 N–H and O–H groups in total. The summed E-state index contributed by atoms with van der Waals surface area (Å²) in [4.78, 5) is 5.67. The van der Waals surface area contributed by atoms with Crippen molar-refractivity contribution in [2.45, 2.75) is 34.1 Å². The van der Waals surface area contributed by atoms with Gasteiger partial charge in [-0.15, -0.1) is 11.3 Å². The van der Waals surface area contributed by atoms with Gasteiger partial charge in [0.15, 0.2) is 5.76 Å². The molecule has 0 aliphatic heterocycles. The third-order valence-electron chi connectivity index (χ3n) is 3.23. The summed E-state index contributed by atoms with van der Waals surface area (Å²) in [6.07, 6.45) is 4.07. The minimum atomic E-state index is -3.44. The first-order valence-electron chi connectivity index (χ1n) is 8.04. The van der Waals surface area contributed by atoms with Gasteiger partial charge in [0.25, 0.3) is 0 Å². The molecular formula is C17H24NO4PS. The summed E-state index contributed by atoms with van der Waals surface area (Å²) >= 11 is 1.57. The van der Waals surface area contributed by atoms with Crippen LogP contribution >= 0.6 is 18.9 Å². The van der Waals surface area contributed by atoms with Crippen molar-refractivity contribution < 1.29 is 18.0 Å². The molecule has 0 amide bonds. The molecule has 0 atom stereocenters. The standard InChI is InChI=1S/C17H24NO4PS/c1-6-15-18-16(14(24-15)11-12(4)5)17-13(9-10-20-17)23(19,21-7-2)22-8-3/h6,9-10,12H,1,7-8,11H2,2-5H3. The molecule has 2 heterocycles. The lowest BCUT2D eigenvalue weighted by molar-refractivity contribution is 0.230. The van der Waals surface area contributed by atoms with Crippen molar-refractivity contribution in [1.82, 2.24) is 4.98 Å². The second-order valence-electron chi connectivity index (χ2n) is 5.59. The maximum Gasteiger partial charge on any atom is 0.365 e. The van der Waals surface area contributed by atoms with Gasteiger partial charge in [-0.1, -0.05) is 20.4 Å². The zero-order valence-corrected chi connectivity index (χ0v) is 16.3. The summed E-state index contributed by atoms with van der Waals surface area (Å²) in [5.41, 5.74) is 0.697. The Hall–Kier alpha value is -1.20. The Morgan fingerprint density at radius 2 is 2.04 bits per heavy atom. The van der Waals surface area contributed by atoms with E-state index in [0.29, 0.717) is 22.7 Å². The van der Waals surface area contributed by atoms with E-state index in [1.54, 1.807) is 37.3 Å². The quantitative estimate of drug-likeness (QED) is 0.573. The Balaban J connectivity index is 2.55. The maximum atomic E-state index is 13.1. The number of aromatic nitrogens is 1. The van der Waals surface area contributed by atoms with Crippen LogP contribution in [0.3, 0.4) is 0 Å². The smallest absolute Gasteiger partial charge is 0.365 e. The van der Waals surface area contributed by atoms with Crippen molar-refractivity contribution in [3.8, 4) is 11.5 Å². The zero-order chi connectivity index (χ0) is 17.7. The van der Waals surface area contributed by atoms with E-state index in [-0.39, 0.29) is 13.2 Å². The van der Waals surface area contributed by atoms with Crippen molar-refractivity contribution >= 4 is 30.3 Å². The van der Waals surface area contributed by atoms with Crippen molar-refractivity contribution in [1.29, 1.82) is 0 Å². The maximum absolute atomic E-state index is 13.1. The van der Waals surface area contributed by atoms with Gasteiger partial charge < -0.3 is 13.5 Å². The van der Waals surface area contributed by atoms with Crippen LogP contribution in [0.15, 0.2) is 23.3 Å². The van der Waals surface area contributed by atoms with Gasteiger partial charge in [0, 0.05) is 4.88 Å². The SMILES string of the molecule is C=Cc1nc(-c2occc2P(=O)(OCC)OCC)c(CC(C)C)s1. The Morgan fingerprint density at radius 3 is 2.58 bits per heavy atom. The molecule has 0 fully saturated rings. The topological polar surface area (TPSA) is 61.6 Å². The minimum absolute atomic E-state index is 0.287. The lowest BCUT2D eigenvalue weighted by Gasteiger charge is -2.16. The molecule has 5 nitrogen and oxygen atoms in total. The molecule has 0 spiro atoms. The van der Waals surface area contributed by atoms with Crippen LogP contribution in [0.4, 0.5) is 0 Å². The predicted molar refractivity (Wildman–Crippen MR) is 98.9 cm³/mol. The Morgan fingerprint density at radius 1 is 1.38 bits per heavy atom. The van der Waals surface area contributed by atoms with E-state index in [2.05, 4.69) is 25.4 Å². The summed E-state index contributed by atoms with van der Waals surface area (Å²) in [6.45, 7) is 12.2. The van der Waals surface area contributed by atoms with E-state index in [9.17, 15) is 4.57 Å². The second-order valence-corrected chi connectivity index (χ2v) is 8.70. The van der Waals surface area contributed by atoms with Gasteiger partial charge in [-0.25, -0.2) is 4.98 Å². The number of furan rings is 1. The van der Waals surface area contributed by atoms with Crippen LogP contribution < -0.4 is 5.30 Å².